The molecule has 0 aliphatic rings. The van der Waals surface area contributed by atoms with Crippen LogP contribution in [0.2, 0.25) is 0 Å². The third kappa shape index (κ3) is 75.6. The Hall–Kier alpha value is -2.92. The molecule has 0 aliphatic carbocycles. The molecule has 5 N–H and O–H groups in total. The van der Waals surface area contributed by atoms with Gasteiger partial charge in [-0.15, -0.1) is 35.3 Å². The van der Waals surface area contributed by atoms with Crippen LogP contribution in [0.4, 0.5) is 0 Å². The van der Waals surface area contributed by atoms with Crippen molar-refractivity contribution in [3.8, 4) is 0 Å². The zero-order valence-corrected chi connectivity index (χ0v) is 12.3. The van der Waals surface area contributed by atoms with Crippen molar-refractivity contribution in [2.75, 3.05) is 13.2 Å². The molecule has 0 amide bonds. The molecule has 144 valence electrons. The number of nitroso groups, excluding NO2 is 1. The zero-order chi connectivity index (χ0) is 20.1. The van der Waals surface area contributed by atoms with E-state index in [4.69, 9.17) is 60.9 Å². The van der Waals surface area contributed by atoms with Gasteiger partial charge in [-0.05, 0) is 11.6 Å². The molecule has 0 spiro atoms. The lowest BCUT2D eigenvalue weighted by molar-refractivity contribution is -0.742. The Morgan fingerprint density at radius 1 is 1.04 bits per heavy atom. The fourth-order valence-electron chi connectivity index (χ4n) is 0.688. The van der Waals surface area contributed by atoms with Crippen LogP contribution in [-0.2, 0) is 4.74 Å². The number of rotatable bonds is 7. The van der Waals surface area contributed by atoms with Gasteiger partial charge >= 0.3 is 0 Å². The Morgan fingerprint density at radius 2 is 1.38 bits per heavy atom. The molecule has 24 heavy (non-hydrogen) atoms. The van der Waals surface area contributed by atoms with E-state index < -0.39 is 27.6 Å². The highest BCUT2D eigenvalue weighted by Gasteiger charge is 2.10. The molecule has 0 rings (SSSR count). The Morgan fingerprint density at radius 3 is 1.58 bits per heavy atom. The Labute approximate surface area is 133 Å². The maximum atomic E-state index is 10.1. The van der Waals surface area contributed by atoms with Gasteiger partial charge in [-0.25, -0.2) is 0 Å². The third-order valence-electron chi connectivity index (χ3n) is 1.34. The number of hydrogen-bond acceptors (Lipinski definition) is 11. The van der Waals surface area contributed by atoms with E-state index in [2.05, 4.69) is 5.18 Å². The van der Waals surface area contributed by atoms with Crippen molar-refractivity contribution >= 4 is 0 Å². The molecule has 0 fully saturated rings. The molecule has 0 radical (unpaired) electrons. The van der Waals surface area contributed by atoms with E-state index >= 15 is 0 Å². The lowest BCUT2D eigenvalue weighted by Gasteiger charge is -2.11. The molecule has 2 atom stereocenters. The summed E-state index contributed by atoms with van der Waals surface area (Å²) in [5, 5.41) is 60.9. The lowest BCUT2D eigenvalue weighted by atomic mass is 10.3. The van der Waals surface area contributed by atoms with Gasteiger partial charge in [0.15, 0.2) is 6.23 Å². The van der Waals surface area contributed by atoms with Crippen molar-refractivity contribution in [1.82, 2.24) is 0 Å². The first kappa shape index (κ1) is 29.1. The van der Waals surface area contributed by atoms with Crippen LogP contribution in [0.1, 0.15) is 19.8 Å². The van der Waals surface area contributed by atoms with Crippen molar-refractivity contribution in [3.63, 3.8) is 0 Å². The maximum absolute atomic E-state index is 10.1. The Bertz CT molecular complexity index is 300. The van der Waals surface area contributed by atoms with Crippen molar-refractivity contribution in [2.45, 2.75) is 32.1 Å². The first-order chi connectivity index (χ1) is 10.9. The van der Waals surface area contributed by atoms with E-state index in [0.717, 1.165) is 6.42 Å². The molecule has 17 nitrogen and oxygen atoms in total. The fourth-order valence-corrected chi connectivity index (χ4v) is 0.688. The fraction of sp³-hybridized carbons (Fsp3) is 1.00. The first-order valence-electron chi connectivity index (χ1n) is 5.67. The standard InChI is InChI=1S/C7H15NO4.3HNO3/c1-2-3-7(8-11)12-5-6(10)4-9;3*2-1(3)4/h6-7,9-10H,2-5H2,1H3;3*(H,2,3,4). The largest absolute Gasteiger partial charge is 0.394 e. The maximum Gasteiger partial charge on any atom is 0.291 e. The van der Waals surface area contributed by atoms with E-state index in [1.165, 1.54) is 0 Å². The van der Waals surface area contributed by atoms with Crippen LogP contribution in [0.3, 0.4) is 0 Å². The average molecular weight is 366 g/mol. The van der Waals surface area contributed by atoms with Crippen LogP contribution in [0, 0.1) is 35.3 Å². The summed E-state index contributed by atoms with van der Waals surface area (Å²) in [4.78, 5) is 35.2. The molecule has 0 aromatic carbocycles. The average Bonchev–Trinajstić information content (AvgIpc) is 2.41. The molecular formula is C7H18N4O13. The smallest absolute Gasteiger partial charge is 0.291 e. The summed E-state index contributed by atoms with van der Waals surface area (Å²) in [7, 11) is 0. The Balaban J connectivity index is -0.000000137. The highest BCUT2D eigenvalue weighted by molar-refractivity contribution is 4.55. The van der Waals surface area contributed by atoms with Crippen molar-refractivity contribution < 1.29 is 45.8 Å². The predicted octanol–water partition coefficient (Wildman–Crippen LogP) is -0.794. The molecule has 0 saturated heterocycles. The second-order valence-electron chi connectivity index (χ2n) is 3.23. The normalized spacial score (nSPS) is 10.8. The van der Waals surface area contributed by atoms with Gasteiger partial charge in [0.2, 0.25) is 0 Å². The summed E-state index contributed by atoms with van der Waals surface area (Å²) in [5.41, 5.74) is 0. The van der Waals surface area contributed by atoms with Gasteiger partial charge in [0, 0.05) is 0 Å². The topological polar surface area (TPSA) is 269 Å². The third-order valence-corrected chi connectivity index (χ3v) is 1.34. The van der Waals surface area contributed by atoms with Gasteiger partial charge in [0.1, 0.15) is 6.10 Å². The molecule has 0 aromatic rings. The summed E-state index contributed by atoms with van der Waals surface area (Å²) in [5.74, 6) is 0. The minimum atomic E-state index is -1.50. The summed E-state index contributed by atoms with van der Waals surface area (Å²) in [6.45, 7) is 1.49. The van der Waals surface area contributed by atoms with Crippen molar-refractivity contribution in [1.29, 1.82) is 0 Å². The highest BCUT2D eigenvalue weighted by Crippen LogP contribution is 2.03. The number of aliphatic hydroxyl groups is 2. The van der Waals surface area contributed by atoms with Gasteiger partial charge < -0.3 is 30.6 Å². The van der Waals surface area contributed by atoms with Crippen LogP contribution in [0.25, 0.3) is 0 Å². The second-order valence-corrected chi connectivity index (χ2v) is 3.23. The van der Waals surface area contributed by atoms with E-state index in [1.54, 1.807) is 0 Å². The van der Waals surface area contributed by atoms with Crippen LogP contribution in [-0.4, -0.2) is 66.6 Å². The van der Waals surface area contributed by atoms with Crippen LogP contribution in [0.5, 0.6) is 0 Å². The minimum Gasteiger partial charge on any atom is -0.394 e. The quantitative estimate of drug-likeness (QED) is 0.210. The van der Waals surface area contributed by atoms with Crippen LogP contribution in [0.15, 0.2) is 5.18 Å². The lowest BCUT2D eigenvalue weighted by Crippen LogP contribution is -2.23. The molecule has 0 saturated carbocycles. The molecule has 0 aliphatic heterocycles. The van der Waals surface area contributed by atoms with E-state index in [1.807, 2.05) is 6.92 Å². The number of aliphatic hydroxyl groups excluding tert-OH is 2. The van der Waals surface area contributed by atoms with E-state index in [-0.39, 0.29) is 13.2 Å². The molecule has 0 bridgehead atoms. The Kier molecular flexibility index (Phi) is 27.1. The van der Waals surface area contributed by atoms with Gasteiger partial charge in [0.05, 0.1) is 13.2 Å². The first-order valence-corrected chi connectivity index (χ1v) is 5.67. The van der Waals surface area contributed by atoms with Gasteiger partial charge in [-0.3, -0.25) is 0 Å². The summed E-state index contributed by atoms with van der Waals surface area (Å²) >= 11 is 0. The van der Waals surface area contributed by atoms with E-state index in [0.29, 0.717) is 6.42 Å². The van der Waals surface area contributed by atoms with Gasteiger partial charge in [-0.2, -0.15) is 0 Å². The summed E-state index contributed by atoms with van der Waals surface area (Å²) in [6, 6.07) is 0. The number of hydrogen-bond donors (Lipinski definition) is 5. The summed E-state index contributed by atoms with van der Waals surface area (Å²) in [6.07, 6.45) is -0.282. The minimum absolute atomic E-state index is 0.0487. The second kappa shape index (κ2) is 22.4. The van der Waals surface area contributed by atoms with Crippen molar-refractivity contribution in [3.05, 3.63) is 35.3 Å². The van der Waals surface area contributed by atoms with Crippen LogP contribution >= 0.6 is 0 Å². The SMILES string of the molecule is CCCC(N=O)OCC(O)CO.O=[N+]([O-])O.O=[N+]([O-])O.O=[N+]([O-])O. The van der Waals surface area contributed by atoms with Gasteiger partial charge in [0.25, 0.3) is 15.3 Å². The summed E-state index contributed by atoms with van der Waals surface area (Å²) < 4.78 is 4.90. The monoisotopic (exact) mass is 366 g/mol. The molecule has 0 heterocycles. The molecular weight excluding hydrogens is 348 g/mol. The molecule has 2 unspecified atom stereocenters. The predicted molar refractivity (Wildman–Crippen MR) is 69.9 cm³/mol. The zero-order valence-electron chi connectivity index (χ0n) is 12.3. The molecule has 17 heteroatoms. The van der Waals surface area contributed by atoms with Gasteiger partial charge in [-0.1, -0.05) is 13.3 Å². The van der Waals surface area contributed by atoms with Crippen LogP contribution < -0.4 is 0 Å². The highest BCUT2D eigenvalue weighted by atomic mass is 16.9. The number of ether oxygens (including phenoxy) is 1. The number of nitrogens with zero attached hydrogens (tertiary/aromatic N) is 4. The molecule has 0 aromatic heterocycles. The van der Waals surface area contributed by atoms with E-state index in [9.17, 15) is 4.91 Å². The van der Waals surface area contributed by atoms with Crippen molar-refractivity contribution in [2.24, 2.45) is 5.18 Å².